The fourth-order valence-electron chi connectivity index (χ4n) is 1.24. The largest absolute Gasteiger partial charge is 0.462 e. The van der Waals surface area contributed by atoms with Gasteiger partial charge in [-0.25, -0.2) is 4.79 Å². The maximum absolute atomic E-state index is 11.3. The molecule has 0 aliphatic heterocycles. The molecule has 0 radical (unpaired) electrons. The van der Waals surface area contributed by atoms with Crippen LogP contribution in [-0.2, 0) is 9.53 Å². The summed E-state index contributed by atoms with van der Waals surface area (Å²) in [6.07, 6.45) is 4.11. The number of carbonyl (C=O) groups excluding carboxylic acids is 1. The second-order valence-corrected chi connectivity index (χ2v) is 3.46. The summed E-state index contributed by atoms with van der Waals surface area (Å²) in [6.45, 7) is 1.47. The van der Waals surface area contributed by atoms with Gasteiger partial charge in [0, 0.05) is 12.5 Å². The Hall–Kier alpha value is -1.61. The lowest BCUT2D eigenvalue weighted by Gasteiger charge is -1.99. The Kier molecular flexibility index (Phi) is 5.96. The highest BCUT2D eigenvalue weighted by atomic mass is 16.5. The zero-order valence-electron chi connectivity index (χ0n) is 9.56. The minimum absolute atomic E-state index is 0.278. The lowest BCUT2D eigenvalue weighted by atomic mass is 10.2. The van der Waals surface area contributed by atoms with Crippen molar-refractivity contribution in [1.82, 2.24) is 0 Å². The third kappa shape index (κ3) is 5.32. The molecule has 0 heterocycles. The first kappa shape index (κ1) is 12.5. The van der Waals surface area contributed by atoms with Crippen LogP contribution in [0, 0.1) is 0 Å². The quantitative estimate of drug-likeness (QED) is 0.438. The zero-order valence-corrected chi connectivity index (χ0v) is 9.56. The van der Waals surface area contributed by atoms with E-state index >= 15 is 0 Å². The Bertz CT molecular complexity index is 333. The number of ether oxygens (including phenoxy) is 1. The number of hydrogen-bond acceptors (Lipinski definition) is 2. The molecular formula is C13H18NO2+. The summed E-state index contributed by atoms with van der Waals surface area (Å²) in [5.74, 6) is -0.278. The van der Waals surface area contributed by atoms with Crippen LogP contribution in [0.3, 0.4) is 0 Å². The lowest BCUT2D eigenvalue weighted by molar-refractivity contribution is -0.627. The van der Waals surface area contributed by atoms with E-state index in [0.717, 1.165) is 18.5 Å². The number of rotatable bonds is 6. The summed E-state index contributed by atoms with van der Waals surface area (Å²) in [6, 6.07) is 9.69. The van der Waals surface area contributed by atoms with Crippen LogP contribution in [0.15, 0.2) is 36.4 Å². The van der Waals surface area contributed by atoms with Crippen molar-refractivity contribution in [2.45, 2.75) is 6.42 Å². The summed E-state index contributed by atoms with van der Waals surface area (Å²) < 4.78 is 5.02. The first-order valence-corrected chi connectivity index (χ1v) is 5.50. The molecular weight excluding hydrogens is 202 g/mol. The smallest absolute Gasteiger partial charge is 0.330 e. The topological polar surface area (TPSA) is 42.9 Å². The predicted molar refractivity (Wildman–Crippen MR) is 63.8 cm³/mol. The molecule has 86 valence electrons. The number of nitrogens with two attached hydrogens (primary N) is 1. The van der Waals surface area contributed by atoms with E-state index in [9.17, 15) is 4.79 Å². The summed E-state index contributed by atoms with van der Waals surface area (Å²) in [5.41, 5.74) is 1.00. The van der Waals surface area contributed by atoms with E-state index in [1.807, 2.05) is 37.4 Å². The molecule has 1 aromatic carbocycles. The van der Waals surface area contributed by atoms with Crippen LogP contribution in [0.25, 0.3) is 6.08 Å². The number of hydrogen-bond donors (Lipinski definition) is 1. The van der Waals surface area contributed by atoms with Crippen molar-refractivity contribution in [3.63, 3.8) is 0 Å². The molecule has 0 aliphatic carbocycles. The first-order chi connectivity index (χ1) is 7.83. The maximum Gasteiger partial charge on any atom is 0.330 e. The van der Waals surface area contributed by atoms with Crippen molar-refractivity contribution in [3.05, 3.63) is 42.0 Å². The fourth-order valence-corrected chi connectivity index (χ4v) is 1.24. The molecule has 0 aromatic heterocycles. The van der Waals surface area contributed by atoms with Crippen molar-refractivity contribution in [3.8, 4) is 0 Å². The van der Waals surface area contributed by atoms with Gasteiger partial charge in [-0.05, 0) is 11.6 Å². The standard InChI is InChI=1S/C13H17NO2/c1-14-10-5-11-16-13(15)9-8-12-6-3-2-4-7-12/h2-4,6-9,14H,5,10-11H2,1H3/p+1/b9-8+. The average molecular weight is 220 g/mol. The predicted octanol–water partition coefficient (Wildman–Crippen LogP) is 0.826. The van der Waals surface area contributed by atoms with Gasteiger partial charge in [0.2, 0.25) is 0 Å². The summed E-state index contributed by atoms with van der Waals surface area (Å²) in [4.78, 5) is 11.3. The highest BCUT2D eigenvalue weighted by Gasteiger charge is 1.96. The molecule has 0 saturated carbocycles. The SMILES string of the molecule is C[NH2+]CCCOC(=O)/C=C/c1ccccc1. The van der Waals surface area contributed by atoms with Gasteiger partial charge in [-0.3, -0.25) is 0 Å². The number of carbonyl (C=O) groups is 1. The zero-order chi connectivity index (χ0) is 11.6. The van der Waals surface area contributed by atoms with Gasteiger partial charge >= 0.3 is 5.97 Å². The van der Waals surface area contributed by atoms with Gasteiger partial charge < -0.3 is 10.1 Å². The number of benzene rings is 1. The van der Waals surface area contributed by atoms with E-state index < -0.39 is 0 Å². The van der Waals surface area contributed by atoms with Crippen LogP contribution in [0.4, 0.5) is 0 Å². The van der Waals surface area contributed by atoms with Gasteiger partial charge in [0.05, 0.1) is 20.2 Å². The van der Waals surface area contributed by atoms with Crippen molar-refractivity contribution in [1.29, 1.82) is 0 Å². The van der Waals surface area contributed by atoms with Crippen molar-refractivity contribution >= 4 is 12.0 Å². The van der Waals surface area contributed by atoms with Crippen LogP contribution in [0.5, 0.6) is 0 Å². The third-order valence-electron chi connectivity index (χ3n) is 2.09. The van der Waals surface area contributed by atoms with E-state index in [4.69, 9.17) is 4.74 Å². The van der Waals surface area contributed by atoms with Gasteiger partial charge in [-0.1, -0.05) is 30.3 Å². The average Bonchev–Trinajstić information content (AvgIpc) is 2.33. The maximum atomic E-state index is 11.3. The Labute approximate surface area is 96.1 Å². The highest BCUT2D eigenvalue weighted by molar-refractivity contribution is 5.86. The van der Waals surface area contributed by atoms with Crippen LogP contribution < -0.4 is 5.32 Å². The molecule has 0 atom stereocenters. The molecule has 1 rings (SSSR count). The molecule has 0 unspecified atom stereocenters. The third-order valence-corrected chi connectivity index (χ3v) is 2.09. The van der Waals surface area contributed by atoms with E-state index in [-0.39, 0.29) is 5.97 Å². The minimum Gasteiger partial charge on any atom is -0.462 e. The second kappa shape index (κ2) is 7.65. The highest BCUT2D eigenvalue weighted by Crippen LogP contribution is 2.00. The lowest BCUT2D eigenvalue weighted by Crippen LogP contribution is -2.79. The van der Waals surface area contributed by atoms with Crippen LogP contribution in [-0.4, -0.2) is 26.2 Å². The summed E-state index contributed by atoms with van der Waals surface area (Å²) in [7, 11) is 2.00. The Balaban J connectivity index is 2.26. The molecule has 0 amide bonds. The molecule has 0 saturated heterocycles. The normalized spacial score (nSPS) is 10.6. The molecule has 1 aromatic rings. The van der Waals surface area contributed by atoms with E-state index in [0.29, 0.717) is 6.61 Å². The van der Waals surface area contributed by atoms with Crippen molar-refractivity contribution in [2.75, 3.05) is 20.2 Å². The molecule has 0 fully saturated rings. The Morgan fingerprint density at radius 1 is 1.38 bits per heavy atom. The molecule has 0 aliphatic rings. The summed E-state index contributed by atoms with van der Waals surface area (Å²) in [5, 5.41) is 2.06. The molecule has 0 bridgehead atoms. The van der Waals surface area contributed by atoms with Crippen LogP contribution in [0.2, 0.25) is 0 Å². The molecule has 2 N–H and O–H groups in total. The number of esters is 1. The van der Waals surface area contributed by atoms with Crippen molar-refractivity contribution in [2.24, 2.45) is 0 Å². The first-order valence-electron chi connectivity index (χ1n) is 5.50. The molecule has 3 heteroatoms. The van der Waals surface area contributed by atoms with Crippen LogP contribution in [0.1, 0.15) is 12.0 Å². The second-order valence-electron chi connectivity index (χ2n) is 3.46. The van der Waals surface area contributed by atoms with Crippen LogP contribution >= 0.6 is 0 Å². The van der Waals surface area contributed by atoms with E-state index in [1.54, 1.807) is 6.08 Å². The number of quaternary nitrogens is 1. The molecule has 0 spiro atoms. The summed E-state index contributed by atoms with van der Waals surface area (Å²) >= 11 is 0. The van der Waals surface area contributed by atoms with Crippen molar-refractivity contribution < 1.29 is 14.8 Å². The van der Waals surface area contributed by atoms with Gasteiger partial charge in [-0.15, -0.1) is 0 Å². The molecule has 3 nitrogen and oxygen atoms in total. The van der Waals surface area contributed by atoms with E-state index in [2.05, 4.69) is 5.32 Å². The molecule has 16 heavy (non-hydrogen) atoms. The van der Waals surface area contributed by atoms with Gasteiger partial charge in [-0.2, -0.15) is 0 Å². The Morgan fingerprint density at radius 3 is 2.81 bits per heavy atom. The Morgan fingerprint density at radius 2 is 2.12 bits per heavy atom. The fraction of sp³-hybridized carbons (Fsp3) is 0.308. The minimum atomic E-state index is -0.278. The van der Waals surface area contributed by atoms with E-state index in [1.165, 1.54) is 6.08 Å². The van der Waals surface area contributed by atoms with Gasteiger partial charge in [0.15, 0.2) is 0 Å². The van der Waals surface area contributed by atoms with Gasteiger partial charge in [0.25, 0.3) is 0 Å². The van der Waals surface area contributed by atoms with Gasteiger partial charge in [0.1, 0.15) is 0 Å². The monoisotopic (exact) mass is 220 g/mol.